The monoisotopic (exact) mass is 480 g/mol. The lowest BCUT2D eigenvalue weighted by molar-refractivity contribution is 0.390. The van der Waals surface area contributed by atoms with Crippen LogP contribution in [0.4, 0.5) is 0 Å². The smallest absolute Gasteiger partial charge is 0.339 e. The van der Waals surface area contributed by atoms with Crippen molar-refractivity contribution in [2.45, 2.75) is 9.79 Å². The van der Waals surface area contributed by atoms with E-state index >= 15 is 0 Å². The van der Waals surface area contributed by atoms with Gasteiger partial charge < -0.3 is 8.92 Å². The lowest BCUT2D eigenvalue weighted by Crippen LogP contribution is -2.18. The zero-order valence-corrected chi connectivity index (χ0v) is 18.5. The minimum atomic E-state index is -4.14. The summed E-state index contributed by atoms with van der Waals surface area (Å²) in [6.45, 7) is 0. The van der Waals surface area contributed by atoms with Crippen molar-refractivity contribution in [2.75, 3.05) is 7.11 Å². The fourth-order valence-electron chi connectivity index (χ4n) is 2.46. The molecule has 3 rings (SSSR count). The van der Waals surface area contributed by atoms with Gasteiger partial charge in [-0.25, -0.2) is 4.83 Å². The first kappa shape index (κ1) is 22.6. The van der Waals surface area contributed by atoms with Crippen LogP contribution in [-0.2, 0) is 20.1 Å². The first-order chi connectivity index (χ1) is 14.7. The van der Waals surface area contributed by atoms with Crippen LogP contribution in [0.2, 0.25) is 5.02 Å². The summed E-state index contributed by atoms with van der Waals surface area (Å²) in [5.41, 5.74) is 0.349. The second-order valence-electron chi connectivity index (χ2n) is 6.05. The summed E-state index contributed by atoms with van der Waals surface area (Å²) in [5.74, 6) is -0.172. The van der Waals surface area contributed by atoms with Gasteiger partial charge in [0.15, 0.2) is 5.75 Å². The zero-order chi connectivity index (χ0) is 22.5. The Morgan fingerprint density at radius 2 is 1.48 bits per heavy atom. The van der Waals surface area contributed by atoms with Crippen LogP contribution in [0.1, 0.15) is 5.56 Å². The van der Waals surface area contributed by atoms with E-state index in [0.29, 0.717) is 5.56 Å². The van der Waals surface area contributed by atoms with E-state index in [1.165, 1.54) is 49.7 Å². The molecule has 1 N–H and O–H groups in total. The predicted octanol–water partition coefficient (Wildman–Crippen LogP) is 3.43. The van der Waals surface area contributed by atoms with Gasteiger partial charge in [-0.15, -0.1) is 0 Å². The number of hydrogen-bond acceptors (Lipinski definition) is 7. The summed E-state index contributed by atoms with van der Waals surface area (Å²) in [6, 6.07) is 18.1. The molecule has 3 aromatic carbocycles. The summed E-state index contributed by atoms with van der Waals surface area (Å²) in [4.78, 5) is 2.09. The SMILES string of the molecule is COc1cc(C=NNS(=O)(=O)c2ccccc2)cc(Cl)c1OS(=O)(=O)c1ccccc1. The van der Waals surface area contributed by atoms with E-state index in [0.717, 1.165) is 0 Å². The maximum atomic E-state index is 12.5. The van der Waals surface area contributed by atoms with E-state index in [1.54, 1.807) is 36.4 Å². The minimum absolute atomic E-state index is 0.0272. The van der Waals surface area contributed by atoms with E-state index in [9.17, 15) is 16.8 Å². The van der Waals surface area contributed by atoms with E-state index in [-0.39, 0.29) is 26.3 Å². The van der Waals surface area contributed by atoms with E-state index in [2.05, 4.69) is 9.93 Å². The molecule has 8 nitrogen and oxygen atoms in total. The molecule has 0 heterocycles. The molecular weight excluding hydrogens is 464 g/mol. The van der Waals surface area contributed by atoms with Crippen molar-refractivity contribution in [1.29, 1.82) is 0 Å². The maximum absolute atomic E-state index is 12.5. The number of nitrogens with one attached hydrogen (secondary N) is 1. The van der Waals surface area contributed by atoms with Crippen molar-refractivity contribution in [3.63, 3.8) is 0 Å². The largest absolute Gasteiger partial charge is 0.493 e. The average Bonchev–Trinajstić information content (AvgIpc) is 2.76. The quantitative estimate of drug-likeness (QED) is 0.300. The second-order valence-corrected chi connectivity index (χ2v) is 9.66. The Kier molecular flexibility index (Phi) is 6.84. The highest BCUT2D eigenvalue weighted by Gasteiger charge is 2.22. The molecular formula is C20H17ClN2O6S2. The molecule has 0 saturated carbocycles. The summed E-state index contributed by atoms with van der Waals surface area (Å²) >= 11 is 6.20. The second kappa shape index (κ2) is 9.38. The third-order valence-corrected chi connectivity index (χ3v) is 6.67. The normalized spacial score (nSPS) is 11.9. The summed E-state index contributed by atoms with van der Waals surface area (Å²) in [6.07, 6.45) is 1.20. The van der Waals surface area contributed by atoms with Crippen LogP contribution in [-0.4, -0.2) is 30.2 Å². The minimum Gasteiger partial charge on any atom is -0.493 e. The van der Waals surface area contributed by atoms with Gasteiger partial charge in [0.2, 0.25) is 5.75 Å². The molecule has 0 aliphatic heterocycles. The molecule has 0 unspecified atom stereocenters. The number of halogens is 1. The standard InChI is InChI=1S/C20H17ClN2O6S2/c1-28-19-13-15(14-22-23-30(24,25)16-8-4-2-5-9-16)12-18(21)20(19)29-31(26,27)17-10-6-3-7-11-17/h2-14,23H,1H3. The molecule has 31 heavy (non-hydrogen) atoms. The van der Waals surface area contributed by atoms with Crippen molar-refractivity contribution < 1.29 is 25.8 Å². The average molecular weight is 481 g/mol. The lowest BCUT2D eigenvalue weighted by atomic mass is 10.2. The fraction of sp³-hybridized carbons (Fsp3) is 0.0500. The summed E-state index contributed by atoms with van der Waals surface area (Å²) in [5, 5.41) is 3.66. The Hall–Kier alpha value is -3.08. The van der Waals surface area contributed by atoms with Gasteiger partial charge in [-0.2, -0.15) is 21.9 Å². The third-order valence-electron chi connectivity index (χ3n) is 3.92. The molecule has 0 bridgehead atoms. The van der Waals surface area contributed by atoms with Crippen LogP contribution in [0, 0.1) is 0 Å². The Morgan fingerprint density at radius 3 is 2.06 bits per heavy atom. The fourth-order valence-corrected chi connectivity index (χ4v) is 4.56. The molecule has 0 radical (unpaired) electrons. The van der Waals surface area contributed by atoms with Crippen LogP contribution in [0.5, 0.6) is 11.5 Å². The Morgan fingerprint density at radius 1 is 0.903 bits per heavy atom. The number of hydrogen-bond donors (Lipinski definition) is 1. The van der Waals surface area contributed by atoms with Gasteiger partial charge >= 0.3 is 10.1 Å². The number of nitrogens with zero attached hydrogens (tertiary/aromatic N) is 1. The molecule has 0 fully saturated rings. The highest BCUT2D eigenvalue weighted by molar-refractivity contribution is 7.89. The van der Waals surface area contributed by atoms with E-state index in [4.69, 9.17) is 20.5 Å². The van der Waals surface area contributed by atoms with Gasteiger partial charge in [-0.3, -0.25) is 0 Å². The Bertz CT molecular complexity index is 1300. The molecule has 0 aliphatic carbocycles. The number of hydrazone groups is 1. The third kappa shape index (κ3) is 5.54. The van der Waals surface area contributed by atoms with Gasteiger partial charge in [-0.1, -0.05) is 48.0 Å². The summed E-state index contributed by atoms with van der Waals surface area (Å²) < 4.78 is 59.7. The first-order valence-corrected chi connectivity index (χ1v) is 12.0. The van der Waals surface area contributed by atoms with Crippen molar-refractivity contribution in [1.82, 2.24) is 4.83 Å². The predicted molar refractivity (Wildman–Crippen MR) is 117 cm³/mol. The molecule has 0 aromatic heterocycles. The molecule has 0 amide bonds. The van der Waals surface area contributed by atoms with Gasteiger partial charge in [-0.05, 0) is 42.0 Å². The molecule has 0 aliphatic rings. The van der Waals surface area contributed by atoms with Crippen LogP contribution in [0.15, 0.2) is 87.7 Å². The topological polar surface area (TPSA) is 111 Å². The highest BCUT2D eigenvalue weighted by atomic mass is 35.5. The Balaban J connectivity index is 1.83. The number of sulfonamides is 1. The van der Waals surface area contributed by atoms with Crippen molar-refractivity contribution >= 4 is 38.0 Å². The van der Waals surface area contributed by atoms with Gasteiger partial charge in [0.05, 0.1) is 23.2 Å². The molecule has 162 valence electrons. The number of benzene rings is 3. The Labute approximate surface area is 185 Å². The van der Waals surface area contributed by atoms with Crippen molar-refractivity contribution in [2.24, 2.45) is 5.10 Å². The highest BCUT2D eigenvalue weighted by Crippen LogP contribution is 2.38. The molecule has 0 atom stereocenters. The molecule has 11 heteroatoms. The first-order valence-electron chi connectivity index (χ1n) is 8.70. The van der Waals surface area contributed by atoms with E-state index in [1.807, 2.05) is 0 Å². The van der Waals surface area contributed by atoms with Gasteiger partial charge in [0.25, 0.3) is 10.0 Å². The number of methoxy groups -OCH3 is 1. The van der Waals surface area contributed by atoms with Gasteiger partial charge in [0.1, 0.15) is 4.90 Å². The van der Waals surface area contributed by atoms with Crippen LogP contribution in [0.3, 0.4) is 0 Å². The number of rotatable bonds is 8. The number of ether oxygens (including phenoxy) is 1. The summed E-state index contributed by atoms with van der Waals surface area (Å²) in [7, 11) is -6.66. The molecule has 3 aromatic rings. The lowest BCUT2D eigenvalue weighted by Gasteiger charge is -2.13. The zero-order valence-electron chi connectivity index (χ0n) is 16.1. The van der Waals surface area contributed by atoms with E-state index < -0.39 is 20.1 Å². The molecule has 0 spiro atoms. The van der Waals surface area contributed by atoms with Crippen molar-refractivity contribution in [3.05, 3.63) is 83.4 Å². The van der Waals surface area contributed by atoms with Crippen LogP contribution >= 0.6 is 11.6 Å². The maximum Gasteiger partial charge on any atom is 0.339 e. The molecule has 0 saturated heterocycles. The van der Waals surface area contributed by atoms with Crippen LogP contribution < -0.4 is 13.8 Å². The van der Waals surface area contributed by atoms with Crippen LogP contribution in [0.25, 0.3) is 0 Å². The van der Waals surface area contributed by atoms with Gasteiger partial charge in [0, 0.05) is 0 Å². The van der Waals surface area contributed by atoms with Crippen molar-refractivity contribution in [3.8, 4) is 11.5 Å².